The molecule has 0 aromatic heterocycles. The molecule has 22 heavy (non-hydrogen) atoms. The third-order valence-corrected chi connectivity index (χ3v) is 3.41. The standard InChI is InChI=1S/C18H26O4/c1-4-7-10-14(6-3)22-18(20)16-12-9-8-11-15(16)17(19)21-13-5-2/h8-9,11-12,14H,4-7,10,13H2,1-3H3. The van der Waals surface area contributed by atoms with Gasteiger partial charge < -0.3 is 9.47 Å². The number of unbranched alkanes of at least 4 members (excludes halogenated alkanes) is 1. The second kappa shape index (κ2) is 9.98. The molecule has 0 spiro atoms. The molecule has 0 heterocycles. The monoisotopic (exact) mass is 306 g/mol. The normalized spacial score (nSPS) is 11.8. The summed E-state index contributed by atoms with van der Waals surface area (Å²) in [6, 6.07) is 6.65. The van der Waals surface area contributed by atoms with E-state index in [1.807, 2.05) is 13.8 Å². The number of ether oxygens (including phenoxy) is 2. The van der Waals surface area contributed by atoms with Crippen molar-refractivity contribution in [2.75, 3.05) is 6.61 Å². The van der Waals surface area contributed by atoms with Gasteiger partial charge in [-0.15, -0.1) is 0 Å². The Morgan fingerprint density at radius 1 is 1.00 bits per heavy atom. The molecular formula is C18H26O4. The zero-order valence-electron chi connectivity index (χ0n) is 13.8. The lowest BCUT2D eigenvalue weighted by atomic mass is 10.1. The summed E-state index contributed by atoms with van der Waals surface area (Å²) in [6.07, 6.45) is 4.34. The molecule has 0 saturated heterocycles. The molecule has 0 amide bonds. The molecule has 0 fully saturated rings. The van der Waals surface area contributed by atoms with Crippen LogP contribution in [0.5, 0.6) is 0 Å². The number of rotatable bonds is 9. The summed E-state index contributed by atoms with van der Waals surface area (Å²) in [4.78, 5) is 24.4. The Hall–Kier alpha value is -1.84. The predicted octanol–water partition coefficient (Wildman–Crippen LogP) is 4.38. The van der Waals surface area contributed by atoms with E-state index in [1.165, 1.54) is 0 Å². The summed E-state index contributed by atoms with van der Waals surface area (Å²) >= 11 is 0. The number of carbonyl (C=O) groups is 2. The lowest BCUT2D eigenvalue weighted by Gasteiger charge is -2.17. The van der Waals surface area contributed by atoms with E-state index in [4.69, 9.17) is 9.47 Å². The van der Waals surface area contributed by atoms with Gasteiger partial charge in [-0.05, 0) is 31.4 Å². The van der Waals surface area contributed by atoms with Gasteiger partial charge in [0.25, 0.3) is 0 Å². The molecule has 0 aliphatic rings. The maximum atomic E-state index is 12.3. The van der Waals surface area contributed by atoms with Gasteiger partial charge in [0.1, 0.15) is 6.10 Å². The summed E-state index contributed by atoms with van der Waals surface area (Å²) in [5, 5.41) is 0. The topological polar surface area (TPSA) is 52.6 Å². The minimum absolute atomic E-state index is 0.104. The van der Waals surface area contributed by atoms with E-state index in [0.29, 0.717) is 6.61 Å². The second-order valence-electron chi connectivity index (χ2n) is 5.26. The second-order valence-corrected chi connectivity index (χ2v) is 5.26. The van der Waals surface area contributed by atoms with Crippen LogP contribution in [0.4, 0.5) is 0 Å². The van der Waals surface area contributed by atoms with Crippen molar-refractivity contribution in [1.29, 1.82) is 0 Å². The summed E-state index contributed by atoms with van der Waals surface area (Å²) in [5.41, 5.74) is 0.546. The molecule has 0 N–H and O–H groups in total. The maximum absolute atomic E-state index is 12.3. The Kier molecular flexibility index (Phi) is 8.26. The molecule has 0 bridgehead atoms. The van der Waals surface area contributed by atoms with Gasteiger partial charge in [0.05, 0.1) is 17.7 Å². The number of benzene rings is 1. The molecule has 1 aromatic carbocycles. The van der Waals surface area contributed by atoms with Crippen LogP contribution in [0.2, 0.25) is 0 Å². The van der Waals surface area contributed by atoms with Gasteiger partial charge in [-0.2, -0.15) is 0 Å². The zero-order valence-corrected chi connectivity index (χ0v) is 13.8. The predicted molar refractivity (Wildman–Crippen MR) is 86.0 cm³/mol. The van der Waals surface area contributed by atoms with Crippen molar-refractivity contribution < 1.29 is 19.1 Å². The van der Waals surface area contributed by atoms with E-state index in [1.54, 1.807) is 24.3 Å². The highest BCUT2D eigenvalue weighted by atomic mass is 16.5. The molecule has 122 valence electrons. The van der Waals surface area contributed by atoms with Crippen molar-refractivity contribution in [3.8, 4) is 0 Å². The fraction of sp³-hybridized carbons (Fsp3) is 0.556. The first kappa shape index (κ1) is 18.2. The molecule has 1 unspecified atom stereocenters. The van der Waals surface area contributed by atoms with Crippen LogP contribution in [0.25, 0.3) is 0 Å². The number of hydrogen-bond acceptors (Lipinski definition) is 4. The van der Waals surface area contributed by atoms with Crippen LogP contribution >= 0.6 is 0 Å². The smallest absolute Gasteiger partial charge is 0.339 e. The Labute approximate surface area is 132 Å². The SMILES string of the molecule is CCCCC(CC)OC(=O)c1ccccc1C(=O)OCCC. The van der Waals surface area contributed by atoms with Crippen molar-refractivity contribution in [2.45, 2.75) is 59.0 Å². The fourth-order valence-electron chi connectivity index (χ4n) is 2.10. The van der Waals surface area contributed by atoms with Gasteiger partial charge in [-0.25, -0.2) is 9.59 Å². The van der Waals surface area contributed by atoms with Gasteiger partial charge >= 0.3 is 11.9 Å². The van der Waals surface area contributed by atoms with Crippen molar-refractivity contribution in [1.82, 2.24) is 0 Å². The van der Waals surface area contributed by atoms with E-state index in [9.17, 15) is 9.59 Å². The summed E-state index contributed by atoms with van der Waals surface area (Å²) in [7, 11) is 0. The van der Waals surface area contributed by atoms with Crippen LogP contribution in [-0.2, 0) is 9.47 Å². The Bertz CT molecular complexity index is 482. The zero-order chi connectivity index (χ0) is 16.4. The van der Waals surface area contributed by atoms with Gasteiger partial charge in [0, 0.05) is 0 Å². The lowest BCUT2D eigenvalue weighted by Crippen LogP contribution is -2.20. The molecule has 0 saturated carbocycles. The van der Waals surface area contributed by atoms with Crippen molar-refractivity contribution in [3.63, 3.8) is 0 Å². The quantitative estimate of drug-likeness (QED) is 0.635. The molecule has 0 aliphatic heterocycles. The largest absolute Gasteiger partial charge is 0.462 e. The van der Waals surface area contributed by atoms with E-state index in [-0.39, 0.29) is 17.2 Å². The number of carbonyl (C=O) groups excluding carboxylic acids is 2. The van der Waals surface area contributed by atoms with E-state index < -0.39 is 11.9 Å². The van der Waals surface area contributed by atoms with Crippen LogP contribution in [0, 0.1) is 0 Å². The van der Waals surface area contributed by atoms with Crippen LogP contribution in [0.15, 0.2) is 24.3 Å². The molecular weight excluding hydrogens is 280 g/mol. The first-order chi connectivity index (χ1) is 10.6. The third kappa shape index (κ3) is 5.51. The molecule has 1 atom stereocenters. The van der Waals surface area contributed by atoms with Gasteiger partial charge in [-0.1, -0.05) is 45.7 Å². The van der Waals surface area contributed by atoms with E-state index in [0.717, 1.165) is 32.1 Å². The van der Waals surface area contributed by atoms with E-state index >= 15 is 0 Å². The first-order valence-corrected chi connectivity index (χ1v) is 8.11. The highest BCUT2D eigenvalue weighted by Gasteiger charge is 2.21. The first-order valence-electron chi connectivity index (χ1n) is 8.11. The molecule has 4 heteroatoms. The lowest BCUT2D eigenvalue weighted by molar-refractivity contribution is 0.0259. The highest BCUT2D eigenvalue weighted by Crippen LogP contribution is 2.16. The van der Waals surface area contributed by atoms with Crippen LogP contribution in [0.1, 0.15) is 73.6 Å². The third-order valence-electron chi connectivity index (χ3n) is 3.41. The van der Waals surface area contributed by atoms with Crippen LogP contribution in [-0.4, -0.2) is 24.6 Å². The molecule has 4 nitrogen and oxygen atoms in total. The minimum Gasteiger partial charge on any atom is -0.462 e. The van der Waals surface area contributed by atoms with E-state index in [2.05, 4.69) is 6.92 Å². The van der Waals surface area contributed by atoms with Crippen LogP contribution < -0.4 is 0 Å². The average molecular weight is 306 g/mol. The Morgan fingerprint density at radius 2 is 1.64 bits per heavy atom. The van der Waals surface area contributed by atoms with Crippen molar-refractivity contribution in [2.24, 2.45) is 0 Å². The summed E-state index contributed by atoms with van der Waals surface area (Å²) < 4.78 is 10.7. The number of hydrogen-bond donors (Lipinski definition) is 0. The summed E-state index contributed by atoms with van der Waals surface area (Å²) in [5.74, 6) is -0.928. The fourth-order valence-corrected chi connectivity index (χ4v) is 2.10. The molecule has 1 rings (SSSR count). The number of esters is 2. The van der Waals surface area contributed by atoms with Gasteiger partial charge in [0.15, 0.2) is 0 Å². The molecule has 1 aromatic rings. The highest BCUT2D eigenvalue weighted by molar-refractivity contribution is 6.03. The Balaban J connectivity index is 2.82. The van der Waals surface area contributed by atoms with Crippen LogP contribution in [0.3, 0.4) is 0 Å². The summed E-state index contributed by atoms with van der Waals surface area (Å²) in [6.45, 7) is 6.37. The molecule has 0 aliphatic carbocycles. The minimum atomic E-state index is -0.476. The Morgan fingerprint density at radius 3 is 2.18 bits per heavy atom. The van der Waals surface area contributed by atoms with Crippen molar-refractivity contribution in [3.05, 3.63) is 35.4 Å². The average Bonchev–Trinajstić information content (AvgIpc) is 2.56. The van der Waals surface area contributed by atoms with Crippen molar-refractivity contribution >= 4 is 11.9 Å². The van der Waals surface area contributed by atoms with Gasteiger partial charge in [0.2, 0.25) is 0 Å². The maximum Gasteiger partial charge on any atom is 0.339 e. The molecule has 0 radical (unpaired) electrons. The van der Waals surface area contributed by atoms with Gasteiger partial charge in [-0.3, -0.25) is 0 Å².